The topological polar surface area (TPSA) is 80.8 Å². The van der Waals surface area contributed by atoms with Gasteiger partial charge in [-0.15, -0.1) is 0 Å². The molecule has 1 N–H and O–H groups in total. The van der Waals surface area contributed by atoms with Gasteiger partial charge in [-0.25, -0.2) is 9.78 Å². The Bertz CT molecular complexity index is 1170. The maximum atomic E-state index is 12.1. The van der Waals surface area contributed by atoms with Crippen molar-refractivity contribution in [2.24, 2.45) is 0 Å². The van der Waals surface area contributed by atoms with Gasteiger partial charge in [-0.1, -0.05) is 54.6 Å². The molecule has 4 rings (SSSR count). The second-order valence-corrected chi connectivity index (χ2v) is 8.87. The highest BCUT2D eigenvalue weighted by Crippen LogP contribution is 2.39. The number of ether oxygens (including phenoxy) is 2. The quantitative estimate of drug-likeness (QED) is 0.624. The molecule has 0 saturated carbocycles. The van der Waals surface area contributed by atoms with Crippen molar-refractivity contribution in [2.45, 2.75) is 32.9 Å². The van der Waals surface area contributed by atoms with Crippen molar-refractivity contribution in [2.75, 3.05) is 18.6 Å². The molecule has 1 aliphatic heterocycles. The Kier molecular flexibility index (Phi) is 6.05. The maximum Gasteiger partial charge on any atom is 0.407 e. The van der Waals surface area contributed by atoms with Crippen LogP contribution in [0.15, 0.2) is 60.7 Å². The van der Waals surface area contributed by atoms with Gasteiger partial charge >= 0.3 is 6.09 Å². The highest BCUT2D eigenvalue weighted by atomic mass is 16.6. The van der Waals surface area contributed by atoms with Crippen LogP contribution in [0.1, 0.15) is 26.3 Å². The first kappa shape index (κ1) is 22.3. The summed E-state index contributed by atoms with van der Waals surface area (Å²) in [5, 5.41) is 2.77. The van der Waals surface area contributed by atoms with Crippen molar-refractivity contribution >= 4 is 17.7 Å². The molecule has 0 saturated heterocycles. The molecule has 0 spiro atoms. The SMILES string of the molecule is CN1C(=O)COc2nc(-c3ccc(CNC(=O)OC(C)(C)C)cc3)c(-c3ccccc3)cc21. The third kappa shape index (κ3) is 5.14. The highest BCUT2D eigenvalue weighted by Gasteiger charge is 2.26. The summed E-state index contributed by atoms with van der Waals surface area (Å²) in [4.78, 5) is 30.4. The fourth-order valence-electron chi connectivity index (χ4n) is 3.52. The first-order valence-corrected chi connectivity index (χ1v) is 10.8. The minimum absolute atomic E-state index is 0.0318. The average Bonchev–Trinajstić information content (AvgIpc) is 2.79. The summed E-state index contributed by atoms with van der Waals surface area (Å²) in [5.74, 6) is 0.320. The van der Waals surface area contributed by atoms with Crippen LogP contribution < -0.4 is 15.0 Å². The third-order valence-electron chi connectivity index (χ3n) is 5.18. The number of alkyl carbamates (subject to hydrolysis) is 1. The summed E-state index contributed by atoms with van der Waals surface area (Å²) < 4.78 is 10.9. The standard InChI is InChI=1S/C26H27N3O4/c1-26(2,3)33-25(31)27-15-17-10-12-19(13-11-17)23-20(18-8-6-5-7-9-18)14-21-24(28-23)32-16-22(30)29(21)4/h5-14H,15-16H2,1-4H3,(H,27,31). The van der Waals surface area contributed by atoms with Crippen LogP contribution in [0.3, 0.4) is 0 Å². The lowest BCUT2D eigenvalue weighted by Crippen LogP contribution is -2.35. The molecule has 0 radical (unpaired) electrons. The van der Waals surface area contributed by atoms with Crippen LogP contribution in [0.2, 0.25) is 0 Å². The number of nitrogens with one attached hydrogen (secondary N) is 1. The van der Waals surface area contributed by atoms with Crippen molar-refractivity contribution in [1.82, 2.24) is 10.3 Å². The minimum atomic E-state index is -0.541. The zero-order chi connectivity index (χ0) is 23.6. The molecule has 0 bridgehead atoms. The largest absolute Gasteiger partial charge is 0.466 e. The number of nitrogens with zero attached hydrogens (tertiary/aromatic N) is 2. The van der Waals surface area contributed by atoms with Gasteiger partial charge in [0.15, 0.2) is 6.61 Å². The molecule has 2 aromatic carbocycles. The minimum Gasteiger partial charge on any atom is -0.466 e. The van der Waals surface area contributed by atoms with Crippen molar-refractivity contribution in [3.05, 3.63) is 66.2 Å². The second kappa shape index (κ2) is 8.94. The van der Waals surface area contributed by atoms with Crippen LogP contribution in [0.4, 0.5) is 10.5 Å². The molecular formula is C26H27N3O4. The van der Waals surface area contributed by atoms with Gasteiger partial charge < -0.3 is 19.7 Å². The van der Waals surface area contributed by atoms with E-state index >= 15 is 0 Å². The predicted octanol–water partition coefficient (Wildman–Crippen LogP) is 4.80. The molecule has 0 aliphatic carbocycles. The Labute approximate surface area is 193 Å². The highest BCUT2D eigenvalue weighted by molar-refractivity contribution is 5.98. The van der Waals surface area contributed by atoms with Gasteiger partial charge in [0.05, 0.1) is 5.69 Å². The van der Waals surface area contributed by atoms with Gasteiger partial charge in [0.1, 0.15) is 11.3 Å². The van der Waals surface area contributed by atoms with Gasteiger partial charge in [0.25, 0.3) is 5.91 Å². The Morgan fingerprint density at radius 2 is 1.79 bits per heavy atom. The number of fused-ring (bicyclic) bond motifs is 1. The number of carbonyl (C=O) groups excluding carboxylic acids is 2. The molecule has 170 valence electrons. The van der Waals surface area contributed by atoms with E-state index in [1.54, 1.807) is 11.9 Å². The maximum absolute atomic E-state index is 12.1. The molecule has 0 fully saturated rings. The van der Waals surface area contributed by atoms with E-state index < -0.39 is 11.7 Å². The summed E-state index contributed by atoms with van der Waals surface area (Å²) >= 11 is 0. The molecule has 0 atom stereocenters. The number of benzene rings is 2. The first-order chi connectivity index (χ1) is 15.7. The van der Waals surface area contributed by atoms with E-state index in [4.69, 9.17) is 14.5 Å². The number of amides is 2. The van der Waals surface area contributed by atoms with Crippen LogP contribution in [0, 0.1) is 0 Å². The third-order valence-corrected chi connectivity index (χ3v) is 5.18. The smallest absolute Gasteiger partial charge is 0.407 e. The average molecular weight is 446 g/mol. The molecule has 1 aromatic heterocycles. The summed E-state index contributed by atoms with van der Waals surface area (Å²) in [6, 6.07) is 19.7. The van der Waals surface area contributed by atoms with Gasteiger partial charge in [-0.05, 0) is 38.0 Å². The van der Waals surface area contributed by atoms with E-state index in [0.29, 0.717) is 18.1 Å². The second-order valence-electron chi connectivity index (χ2n) is 8.87. The van der Waals surface area contributed by atoms with Gasteiger partial charge in [-0.2, -0.15) is 0 Å². The molecular weight excluding hydrogens is 418 g/mol. The summed E-state index contributed by atoms with van der Waals surface area (Å²) in [6.07, 6.45) is -0.454. The van der Waals surface area contributed by atoms with Crippen molar-refractivity contribution in [3.63, 3.8) is 0 Å². The summed E-state index contributed by atoms with van der Waals surface area (Å²) in [5.41, 5.74) is 4.59. The van der Waals surface area contributed by atoms with Crippen LogP contribution >= 0.6 is 0 Å². The van der Waals surface area contributed by atoms with Gasteiger partial charge in [0, 0.05) is 24.7 Å². The number of aromatic nitrogens is 1. The summed E-state index contributed by atoms with van der Waals surface area (Å²) in [6.45, 7) is 5.81. The Hall–Kier alpha value is -3.87. The molecule has 2 heterocycles. The number of hydrogen-bond acceptors (Lipinski definition) is 5. The summed E-state index contributed by atoms with van der Waals surface area (Å²) in [7, 11) is 1.73. The molecule has 3 aromatic rings. The Morgan fingerprint density at radius 3 is 2.45 bits per heavy atom. The number of rotatable bonds is 4. The Morgan fingerprint density at radius 1 is 1.09 bits per heavy atom. The van der Waals surface area contributed by atoms with E-state index in [2.05, 4.69) is 5.32 Å². The predicted molar refractivity (Wildman–Crippen MR) is 127 cm³/mol. The molecule has 7 nitrogen and oxygen atoms in total. The lowest BCUT2D eigenvalue weighted by Gasteiger charge is -2.26. The lowest BCUT2D eigenvalue weighted by molar-refractivity contribution is -0.121. The van der Waals surface area contributed by atoms with E-state index in [1.165, 1.54) is 0 Å². The van der Waals surface area contributed by atoms with Gasteiger partial charge in [-0.3, -0.25) is 4.79 Å². The van der Waals surface area contributed by atoms with Crippen LogP contribution in [0.25, 0.3) is 22.4 Å². The fraction of sp³-hybridized carbons (Fsp3) is 0.269. The number of hydrogen-bond donors (Lipinski definition) is 1. The molecule has 1 aliphatic rings. The molecule has 0 unspecified atom stereocenters. The van der Waals surface area contributed by atoms with Crippen LogP contribution in [-0.2, 0) is 16.1 Å². The van der Waals surface area contributed by atoms with E-state index in [0.717, 1.165) is 27.9 Å². The molecule has 33 heavy (non-hydrogen) atoms. The van der Waals surface area contributed by atoms with E-state index in [1.807, 2.05) is 81.4 Å². The normalized spacial score (nSPS) is 13.2. The van der Waals surface area contributed by atoms with Crippen molar-refractivity contribution in [3.8, 4) is 28.3 Å². The van der Waals surface area contributed by atoms with Crippen molar-refractivity contribution < 1.29 is 19.1 Å². The number of carbonyl (C=O) groups is 2. The monoisotopic (exact) mass is 445 g/mol. The van der Waals surface area contributed by atoms with Gasteiger partial charge in [0.2, 0.25) is 5.88 Å². The number of likely N-dealkylation sites (N-methyl/N-ethyl adjacent to an activating group) is 1. The van der Waals surface area contributed by atoms with Crippen LogP contribution in [-0.4, -0.2) is 36.2 Å². The van der Waals surface area contributed by atoms with E-state index in [9.17, 15) is 9.59 Å². The number of anilines is 1. The van der Waals surface area contributed by atoms with Crippen LogP contribution in [0.5, 0.6) is 5.88 Å². The zero-order valence-corrected chi connectivity index (χ0v) is 19.2. The zero-order valence-electron chi connectivity index (χ0n) is 19.2. The van der Waals surface area contributed by atoms with E-state index in [-0.39, 0.29) is 12.5 Å². The first-order valence-electron chi connectivity index (χ1n) is 10.8. The Balaban J connectivity index is 1.64. The molecule has 7 heteroatoms. The molecule has 2 amide bonds. The van der Waals surface area contributed by atoms with Crippen molar-refractivity contribution in [1.29, 1.82) is 0 Å². The number of pyridine rings is 1. The fourth-order valence-corrected chi connectivity index (χ4v) is 3.52. The lowest BCUT2D eigenvalue weighted by atomic mass is 9.97.